The van der Waals surface area contributed by atoms with E-state index < -0.39 is 0 Å². The van der Waals surface area contributed by atoms with Crippen LogP contribution in [-0.4, -0.2) is 11.5 Å². The smallest absolute Gasteiger partial charge is 0.129 e. The molecule has 96 valence electrons. The molecule has 0 aliphatic rings. The zero-order valence-electron chi connectivity index (χ0n) is 11.6. The van der Waals surface area contributed by atoms with Gasteiger partial charge in [-0.25, -0.2) is 4.98 Å². The van der Waals surface area contributed by atoms with E-state index in [1.54, 1.807) is 6.20 Å². The highest BCUT2D eigenvalue weighted by Crippen LogP contribution is 2.22. The summed E-state index contributed by atoms with van der Waals surface area (Å²) in [4.78, 5) is 4.33. The minimum Gasteiger partial charge on any atom is -0.397 e. The Kier molecular flexibility index (Phi) is 4.79. The molecule has 0 atom stereocenters. The fraction of sp³-hybridized carbons (Fsp3) is 0.643. The summed E-state index contributed by atoms with van der Waals surface area (Å²) in [6, 6.07) is 1.95. The summed E-state index contributed by atoms with van der Waals surface area (Å²) in [5, 5.41) is 3.44. The van der Waals surface area contributed by atoms with Crippen molar-refractivity contribution in [1.82, 2.24) is 4.98 Å². The summed E-state index contributed by atoms with van der Waals surface area (Å²) in [6.45, 7) is 12.1. The van der Waals surface area contributed by atoms with E-state index in [0.29, 0.717) is 17.8 Å². The predicted molar refractivity (Wildman–Crippen MR) is 75.0 cm³/mol. The van der Waals surface area contributed by atoms with Crippen LogP contribution in [0.15, 0.2) is 12.3 Å². The van der Waals surface area contributed by atoms with Crippen molar-refractivity contribution in [3.05, 3.63) is 17.8 Å². The van der Waals surface area contributed by atoms with Gasteiger partial charge in [0.2, 0.25) is 0 Å². The van der Waals surface area contributed by atoms with Crippen molar-refractivity contribution in [2.75, 3.05) is 17.6 Å². The Morgan fingerprint density at radius 3 is 2.29 bits per heavy atom. The maximum atomic E-state index is 5.69. The Balaban J connectivity index is 2.65. The first-order chi connectivity index (χ1) is 7.91. The van der Waals surface area contributed by atoms with Crippen LogP contribution >= 0.6 is 0 Å². The molecule has 0 radical (unpaired) electrons. The van der Waals surface area contributed by atoms with Crippen LogP contribution in [0.1, 0.15) is 33.3 Å². The third-order valence-corrected chi connectivity index (χ3v) is 3.32. The standard InChI is InChI=1S/C14H25N3/c1-9(2)13(10(3)4)8-17-14-11(5)6-12(15)7-16-14/h6-7,9-10,13H,8,15H2,1-5H3,(H,16,17). The number of nitrogens with two attached hydrogens (primary N) is 1. The largest absolute Gasteiger partial charge is 0.397 e. The van der Waals surface area contributed by atoms with Crippen LogP contribution in [0.3, 0.4) is 0 Å². The molecule has 3 N–H and O–H groups in total. The molecule has 0 unspecified atom stereocenters. The molecule has 0 saturated heterocycles. The third-order valence-electron chi connectivity index (χ3n) is 3.32. The van der Waals surface area contributed by atoms with Crippen molar-refractivity contribution >= 4 is 11.5 Å². The van der Waals surface area contributed by atoms with E-state index in [-0.39, 0.29) is 0 Å². The number of pyridine rings is 1. The number of aryl methyl sites for hydroxylation is 1. The molecule has 1 rings (SSSR count). The second-order valence-electron chi connectivity index (χ2n) is 5.47. The van der Waals surface area contributed by atoms with Crippen molar-refractivity contribution < 1.29 is 0 Å². The van der Waals surface area contributed by atoms with Crippen molar-refractivity contribution in [3.8, 4) is 0 Å². The molecule has 0 spiro atoms. The fourth-order valence-corrected chi connectivity index (χ4v) is 2.24. The van der Waals surface area contributed by atoms with Crippen LogP contribution in [0.25, 0.3) is 0 Å². The molecular weight excluding hydrogens is 210 g/mol. The summed E-state index contributed by atoms with van der Waals surface area (Å²) in [5.74, 6) is 2.97. The van der Waals surface area contributed by atoms with E-state index in [4.69, 9.17) is 5.73 Å². The van der Waals surface area contributed by atoms with E-state index in [0.717, 1.165) is 23.6 Å². The van der Waals surface area contributed by atoms with Crippen molar-refractivity contribution in [3.63, 3.8) is 0 Å². The molecule has 1 heterocycles. The van der Waals surface area contributed by atoms with Gasteiger partial charge in [0.25, 0.3) is 0 Å². The van der Waals surface area contributed by atoms with Gasteiger partial charge in [0.1, 0.15) is 5.82 Å². The highest BCUT2D eigenvalue weighted by molar-refractivity contribution is 5.50. The van der Waals surface area contributed by atoms with E-state index >= 15 is 0 Å². The van der Waals surface area contributed by atoms with Gasteiger partial charge in [0, 0.05) is 6.54 Å². The average Bonchev–Trinajstić information content (AvgIpc) is 2.20. The number of anilines is 2. The molecule has 0 amide bonds. The quantitative estimate of drug-likeness (QED) is 0.823. The van der Waals surface area contributed by atoms with Crippen LogP contribution in [0.2, 0.25) is 0 Å². The second-order valence-corrected chi connectivity index (χ2v) is 5.47. The highest BCUT2D eigenvalue weighted by Gasteiger charge is 2.17. The van der Waals surface area contributed by atoms with Gasteiger partial charge >= 0.3 is 0 Å². The lowest BCUT2D eigenvalue weighted by molar-refractivity contribution is 0.304. The monoisotopic (exact) mass is 235 g/mol. The average molecular weight is 235 g/mol. The van der Waals surface area contributed by atoms with Gasteiger partial charge in [-0.1, -0.05) is 27.7 Å². The lowest BCUT2D eigenvalue weighted by Crippen LogP contribution is -2.25. The lowest BCUT2D eigenvalue weighted by Gasteiger charge is -2.25. The number of nitrogens with one attached hydrogen (secondary N) is 1. The molecule has 17 heavy (non-hydrogen) atoms. The molecule has 0 aliphatic carbocycles. The van der Waals surface area contributed by atoms with Crippen LogP contribution in [-0.2, 0) is 0 Å². The maximum Gasteiger partial charge on any atom is 0.129 e. The first kappa shape index (κ1) is 13.8. The Labute approximate surface area is 105 Å². The number of hydrogen-bond acceptors (Lipinski definition) is 3. The summed E-state index contributed by atoms with van der Waals surface area (Å²) in [7, 11) is 0. The number of aromatic nitrogens is 1. The highest BCUT2D eigenvalue weighted by atomic mass is 15.0. The minimum absolute atomic E-state index is 0.661. The van der Waals surface area contributed by atoms with Gasteiger partial charge in [0.15, 0.2) is 0 Å². The molecule has 0 fully saturated rings. The van der Waals surface area contributed by atoms with Gasteiger partial charge in [0.05, 0.1) is 11.9 Å². The van der Waals surface area contributed by atoms with Gasteiger partial charge in [-0.15, -0.1) is 0 Å². The number of nitrogens with zero attached hydrogens (tertiary/aromatic N) is 1. The second kappa shape index (κ2) is 5.89. The molecule has 3 nitrogen and oxygen atoms in total. The van der Waals surface area contributed by atoms with Crippen molar-refractivity contribution in [1.29, 1.82) is 0 Å². The van der Waals surface area contributed by atoms with Gasteiger partial charge in [-0.2, -0.15) is 0 Å². The van der Waals surface area contributed by atoms with Gasteiger partial charge < -0.3 is 11.1 Å². The first-order valence-corrected chi connectivity index (χ1v) is 6.37. The Morgan fingerprint density at radius 2 is 1.82 bits per heavy atom. The van der Waals surface area contributed by atoms with E-state index in [2.05, 4.69) is 38.0 Å². The summed E-state index contributed by atoms with van der Waals surface area (Å²) >= 11 is 0. The van der Waals surface area contributed by atoms with Crippen LogP contribution in [0, 0.1) is 24.7 Å². The maximum absolute atomic E-state index is 5.69. The van der Waals surface area contributed by atoms with Gasteiger partial charge in [-0.3, -0.25) is 0 Å². The van der Waals surface area contributed by atoms with E-state index in [9.17, 15) is 0 Å². The summed E-state index contributed by atoms with van der Waals surface area (Å²) in [5.41, 5.74) is 7.52. The van der Waals surface area contributed by atoms with Gasteiger partial charge in [-0.05, 0) is 36.3 Å². The fourth-order valence-electron chi connectivity index (χ4n) is 2.24. The third kappa shape index (κ3) is 3.91. The summed E-state index contributed by atoms with van der Waals surface area (Å²) < 4.78 is 0. The SMILES string of the molecule is Cc1cc(N)cnc1NCC(C(C)C)C(C)C. The van der Waals surface area contributed by atoms with Crippen LogP contribution in [0.5, 0.6) is 0 Å². The predicted octanol–water partition coefficient (Wildman–Crippen LogP) is 3.31. The number of rotatable bonds is 5. The normalized spacial score (nSPS) is 11.5. The zero-order valence-corrected chi connectivity index (χ0v) is 11.6. The molecule has 3 heteroatoms. The Bertz CT molecular complexity index is 350. The van der Waals surface area contributed by atoms with E-state index in [1.807, 2.05) is 13.0 Å². The van der Waals surface area contributed by atoms with Crippen molar-refractivity contribution in [2.45, 2.75) is 34.6 Å². The number of hydrogen-bond donors (Lipinski definition) is 2. The Hall–Kier alpha value is -1.25. The molecule has 1 aromatic rings. The molecular formula is C14H25N3. The molecule has 0 saturated carbocycles. The molecule has 0 aromatic carbocycles. The minimum atomic E-state index is 0.661. The topological polar surface area (TPSA) is 50.9 Å². The van der Waals surface area contributed by atoms with Crippen molar-refractivity contribution in [2.24, 2.45) is 17.8 Å². The lowest BCUT2D eigenvalue weighted by atomic mass is 9.85. The molecule has 1 aromatic heterocycles. The number of nitrogen functional groups attached to an aromatic ring is 1. The first-order valence-electron chi connectivity index (χ1n) is 6.37. The van der Waals surface area contributed by atoms with E-state index in [1.165, 1.54) is 0 Å². The Morgan fingerprint density at radius 1 is 1.24 bits per heavy atom. The zero-order chi connectivity index (χ0) is 13.0. The van der Waals surface area contributed by atoms with Crippen LogP contribution in [0.4, 0.5) is 11.5 Å². The molecule has 0 aliphatic heterocycles. The van der Waals surface area contributed by atoms with Crippen LogP contribution < -0.4 is 11.1 Å². The molecule has 0 bridgehead atoms. The summed E-state index contributed by atoms with van der Waals surface area (Å²) in [6.07, 6.45) is 1.70.